The third-order valence-corrected chi connectivity index (χ3v) is 2.84. The minimum Gasteiger partial charge on any atom is -0.496 e. The lowest BCUT2D eigenvalue weighted by Crippen LogP contribution is -2.34. The fraction of sp³-hybridized carbons (Fsp3) is 0.438. The first-order valence-electron chi connectivity index (χ1n) is 6.91. The van der Waals surface area contributed by atoms with Crippen molar-refractivity contribution in [1.82, 2.24) is 10.2 Å². The fourth-order valence-corrected chi connectivity index (χ4v) is 1.98. The van der Waals surface area contributed by atoms with Gasteiger partial charge in [0.25, 0.3) is 0 Å². The van der Waals surface area contributed by atoms with Crippen molar-refractivity contribution in [3.05, 3.63) is 29.3 Å². The van der Waals surface area contributed by atoms with Gasteiger partial charge in [-0.3, -0.25) is 9.69 Å². The molecule has 0 aliphatic heterocycles. The Balaban J connectivity index is 2.81. The van der Waals surface area contributed by atoms with E-state index in [1.807, 2.05) is 37.1 Å². The predicted molar refractivity (Wildman–Crippen MR) is 83.9 cm³/mol. The second-order valence-corrected chi connectivity index (χ2v) is 4.66. The zero-order chi connectivity index (χ0) is 15.7. The number of nitrogens with one attached hydrogen (secondary N) is 1. The van der Waals surface area contributed by atoms with E-state index in [0.717, 1.165) is 16.9 Å². The van der Waals surface area contributed by atoms with Gasteiger partial charge in [0, 0.05) is 24.2 Å². The molecule has 0 aliphatic rings. The summed E-state index contributed by atoms with van der Waals surface area (Å²) in [5.74, 6) is 6.63. The maximum absolute atomic E-state index is 11.6. The number of nitrogens with zero attached hydrogens (tertiary/aromatic N) is 1. The molecule has 0 heterocycles. The second-order valence-electron chi connectivity index (χ2n) is 4.66. The minimum absolute atomic E-state index is 0.0121. The van der Waals surface area contributed by atoms with Crippen LogP contribution in [0.3, 0.4) is 0 Å². The monoisotopic (exact) mass is 289 g/mol. The van der Waals surface area contributed by atoms with Crippen LogP contribution in [0.5, 0.6) is 5.75 Å². The highest BCUT2D eigenvalue weighted by molar-refractivity contribution is 5.77. The van der Waals surface area contributed by atoms with Gasteiger partial charge in [0.1, 0.15) is 5.75 Å². The van der Waals surface area contributed by atoms with E-state index in [9.17, 15) is 4.79 Å². The molecule has 1 amide bonds. The van der Waals surface area contributed by atoms with E-state index in [0.29, 0.717) is 26.2 Å². The van der Waals surface area contributed by atoms with Gasteiger partial charge in [0.15, 0.2) is 0 Å². The normalized spacial score (nSPS) is 9.95. The van der Waals surface area contributed by atoms with Crippen molar-refractivity contribution in [2.24, 2.45) is 5.73 Å². The Bertz CT molecular complexity index is 532. The summed E-state index contributed by atoms with van der Waals surface area (Å²) in [4.78, 5) is 13.5. The maximum atomic E-state index is 11.6. The molecule has 1 rings (SSSR count). The summed E-state index contributed by atoms with van der Waals surface area (Å²) >= 11 is 0. The lowest BCUT2D eigenvalue weighted by molar-refractivity contribution is -0.121. The molecule has 5 heteroatoms. The smallest absolute Gasteiger partial charge is 0.234 e. The number of benzene rings is 1. The number of hydrogen-bond acceptors (Lipinski definition) is 4. The quantitative estimate of drug-likeness (QED) is 0.752. The van der Waals surface area contributed by atoms with Crippen LogP contribution in [0.2, 0.25) is 0 Å². The lowest BCUT2D eigenvalue weighted by Gasteiger charge is -2.18. The molecule has 0 saturated heterocycles. The molecule has 0 aliphatic carbocycles. The number of likely N-dealkylation sites (N-methyl/N-ethyl adjacent to an activating group) is 2. The molecule has 114 valence electrons. The molecule has 0 saturated carbocycles. The highest BCUT2D eigenvalue weighted by Crippen LogP contribution is 2.21. The molecule has 0 unspecified atom stereocenters. The number of hydrogen-bond donors (Lipinski definition) is 2. The number of amides is 1. The molecular weight excluding hydrogens is 266 g/mol. The van der Waals surface area contributed by atoms with E-state index in [-0.39, 0.29) is 5.91 Å². The molecule has 0 atom stereocenters. The molecule has 1 aromatic carbocycles. The molecule has 5 nitrogen and oxygen atoms in total. The van der Waals surface area contributed by atoms with E-state index >= 15 is 0 Å². The Morgan fingerprint density at radius 1 is 1.48 bits per heavy atom. The maximum Gasteiger partial charge on any atom is 0.234 e. The number of carbonyl (C=O) groups is 1. The molecule has 0 radical (unpaired) electrons. The molecule has 0 fully saturated rings. The van der Waals surface area contributed by atoms with Crippen LogP contribution in [-0.2, 0) is 11.3 Å². The van der Waals surface area contributed by atoms with E-state index in [1.54, 1.807) is 7.11 Å². The molecule has 21 heavy (non-hydrogen) atoms. The summed E-state index contributed by atoms with van der Waals surface area (Å²) in [5.41, 5.74) is 7.27. The van der Waals surface area contributed by atoms with Gasteiger partial charge >= 0.3 is 0 Å². The van der Waals surface area contributed by atoms with Crippen LogP contribution in [0.1, 0.15) is 18.1 Å². The zero-order valence-electron chi connectivity index (χ0n) is 12.9. The number of nitrogens with two attached hydrogens (primary N) is 1. The van der Waals surface area contributed by atoms with Crippen LogP contribution in [0.15, 0.2) is 18.2 Å². The predicted octanol–water partition coefficient (Wildman–Crippen LogP) is 0.573. The van der Waals surface area contributed by atoms with Gasteiger partial charge in [0.05, 0.1) is 20.2 Å². The third-order valence-electron chi connectivity index (χ3n) is 2.84. The largest absolute Gasteiger partial charge is 0.496 e. The van der Waals surface area contributed by atoms with Crippen LogP contribution in [0, 0.1) is 11.8 Å². The Kier molecular flexibility index (Phi) is 7.30. The van der Waals surface area contributed by atoms with Gasteiger partial charge in [-0.15, -0.1) is 0 Å². The Morgan fingerprint density at radius 3 is 2.86 bits per heavy atom. The second kappa shape index (κ2) is 9.01. The molecule has 1 aromatic rings. The minimum atomic E-state index is 0.0121. The van der Waals surface area contributed by atoms with Gasteiger partial charge in [-0.05, 0) is 32.2 Å². The van der Waals surface area contributed by atoms with Crippen LogP contribution >= 0.6 is 0 Å². The summed E-state index contributed by atoms with van der Waals surface area (Å²) in [6.07, 6.45) is 0. The average molecular weight is 289 g/mol. The van der Waals surface area contributed by atoms with Gasteiger partial charge in [-0.25, -0.2) is 0 Å². The van der Waals surface area contributed by atoms with Gasteiger partial charge in [-0.2, -0.15) is 0 Å². The summed E-state index contributed by atoms with van der Waals surface area (Å²) in [7, 11) is 3.53. The van der Waals surface area contributed by atoms with E-state index < -0.39 is 0 Å². The van der Waals surface area contributed by atoms with Crippen molar-refractivity contribution in [1.29, 1.82) is 0 Å². The van der Waals surface area contributed by atoms with Crippen molar-refractivity contribution in [3.63, 3.8) is 0 Å². The Hall–Kier alpha value is -2.03. The zero-order valence-corrected chi connectivity index (χ0v) is 12.9. The van der Waals surface area contributed by atoms with E-state index in [4.69, 9.17) is 10.5 Å². The summed E-state index contributed by atoms with van der Waals surface area (Å²) in [6.45, 7) is 3.83. The standard InChI is InChI=1S/C16H23N3O2/c1-4-18-16(20)12-19(2)11-14-10-13(6-5-9-17)7-8-15(14)21-3/h7-8,10H,4,9,11-12,17H2,1-3H3,(H,18,20). The molecule has 0 aromatic heterocycles. The van der Waals surface area contributed by atoms with Crippen molar-refractivity contribution >= 4 is 5.91 Å². The van der Waals surface area contributed by atoms with E-state index in [2.05, 4.69) is 17.2 Å². The first kappa shape index (κ1) is 17.0. The van der Waals surface area contributed by atoms with Crippen molar-refractivity contribution in [2.75, 3.05) is 33.8 Å². The van der Waals surface area contributed by atoms with Gasteiger partial charge in [0.2, 0.25) is 5.91 Å². The number of ether oxygens (including phenoxy) is 1. The Morgan fingerprint density at radius 2 is 2.24 bits per heavy atom. The van der Waals surface area contributed by atoms with Crippen LogP contribution in [0.25, 0.3) is 0 Å². The third kappa shape index (κ3) is 5.86. The molecular formula is C16H23N3O2. The van der Waals surface area contributed by atoms with Gasteiger partial charge < -0.3 is 15.8 Å². The summed E-state index contributed by atoms with van der Waals surface area (Å²) < 4.78 is 5.36. The van der Waals surface area contributed by atoms with Crippen molar-refractivity contribution in [3.8, 4) is 17.6 Å². The van der Waals surface area contributed by atoms with Gasteiger partial charge in [-0.1, -0.05) is 11.8 Å². The summed E-state index contributed by atoms with van der Waals surface area (Å²) in [6, 6.07) is 5.75. The molecule has 0 bridgehead atoms. The van der Waals surface area contributed by atoms with Crippen LogP contribution in [0.4, 0.5) is 0 Å². The fourth-order valence-electron chi connectivity index (χ4n) is 1.98. The summed E-state index contributed by atoms with van der Waals surface area (Å²) in [5, 5.41) is 2.78. The van der Waals surface area contributed by atoms with Crippen LogP contribution in [-0.4, -0.2) is 44.6 Å². The molecule has 3 N–H and O–H groups in total. The van der Waals surface area contributed by atoms with Crippen molar-refractivity contribution in [2.45, 2.75) is 13.5 Å². The average Bonchev–Trinajstić information content (AvgIpc) is 2.45. The molecule has 0 spiro atoms. The highest BCUT2D eigenvalue weighted by Gasteiger charge is 2.10. The van der Waals surface area contributed by atoms with E-state index in [1.165, 1.54) is 0 Å². The van der Waals surface area contributed by atoms with Crippen LogP contribution < -0.4 is 15.8 Å². The van der Waals surface area contributed by atoms with Crippen molar-refractivity contribution < 1.29 is 9.53 Å². The first-order valence-corrected chi connectivity index (χ1v) is 6.91. The first-order chi connectivity index (χ1) is 10.1. The highest BCUT2D eigenvalue weighted by atomic mass is 16.5. The Labute approximate surface area is 126 Å². The lowest BCUT2D eigenvalue weighted by atomic mass is 10.1. The number of rotatable bonds is 6. The number of carbonyl (C=O) groups excluding carboxylic acids is 1. The topological polar surface area (TPSA) is 67.6 Å². The SMILES string of the molecule is CCNC(=O)CN(C)Cc1cc(C#CCN)ccc1OC. The number of methoxy groups -OCH3 is 1.